The first-order valence-electron chi connectivity index (χ1n) is 4.73. The summed E-state index contributed by atoms with van der Waals surface area (Å²) < 4.78 is 6.19. The summed E-state index contributed by atoms with van der Waals surface area (Å²) in [7, 11) is 0. The van der Waals surface area contributed by atoms with Crippen LogP contribution < -0.4 is 0 Å². The first-order valence-corrected chi connectivity index (χ1v) is 6.31. The summed E-state index contributed by atoms with van der Waals surface area (Å²) in [5.41, 5.74) is 2.89. The zero-order valence-electron chi connectivity index (χ0n) is 8.58. The summed E-state index contributed by atoms with van der Waals surface area (Å²) in [5, 5.41) is 4.02. The summed E-state index contributed by atoms with van der Waals surface area (Å²) in [6.07, 6.45) is 1.87. The van der Waals surface area contributed by atoms with Gasteiger partial charge in [0.05, 0.1) is 3.39 Å². The quantitative estimate of drug-likeness (QED) is 0.787. The molecule has 2 nitrogen and oxygen atoms in total. The van der Waals surface area contributed by atoms with Gasteiger partial charge >= 0.3 is 0 Å². The molecule has 0 spiro atoms. The van der Waals surface area contributed by atoms with Gasteiger partial charge in [-0.05, 0) is 44.9 Å². The summed E-state index contributed by atoms with van der Waals surface area (Å²) in [4.78, 5) is 0. The molecule has 1 aromatic heterocycles. The lowest BCUT2D eigenvalue weighted by atomic mass is 10.1. The van der Waals surface area contributed by atoms with E-state index in [1.165, 1.54) is 0 Å². The molecule has 0 radical (unpaired) electrons. The first-order chi connectivity index (χ1) is 7.68. The first kappa shape index (κ1) is 11.6. The van der Waals surface area contributed by atoms with Gasteiger partial charge in [0.2, 0.25) is 0 Å². The molecule has 0 aliphatic rings. The number of halogens is 2. The van der Waals surface area contributed by atoms with Gasteiger partial charge in [-0.25, -0.2) is 0 Å². The van der Waals surface area contributed by atoms with Gasteiger partial charge in [0.15, 0.2) is 5.76 Å². The Bertz CT molecular complexity index is 513. The predicted octanol–water partition coefficient (Wildman–Crippen LogP) is 4.74. The van der Waals surface area contributed by atoms with Crippen molar-refractivity contribution in [2.75, 3.05) is 0 Å². The number of rotatable bonds is 2. The van der Waals surface area contributed by atoms with E-state index < -0.39 is 0 Å². The average molecular weight is 343 g/mol. The molecule has 0 N–H and O–H groups in total. The number of benzene rings is 1. The van der Waals surface area contributed by atoms with Crippen molar-refractivity contribution in [3.8, 4) is 11.3 Å². The van der Waals surface area contributed by atoms with Crippen LogP contribution in [0.15, 0.2) is 38.2 Å². The van der Waals surface area contributed by atoms with Crippen molar-refractivity contribution in [3.63, 3.8) is 0 Å². The highest BCUT2D eigenvalue weighted by Crippen LogP contribution is 2.28. The Labute approximate surface area is 111 Å². The van der Waals surface area contributed by atoms with E-state index in [1.54, 1.807) is 0 Å². The van der Waals surface area contributed by atoms with Crippen molar-refractivity contribution in [2.45, 2.75) is 6.92 Å². The van der Waals surface area contributed by atoms with E-state index in [1.807, 2.05) is 43.3 Å². The largest absolute Gasteiger partial charge is 0.355 e. The molecule has 2 aromatic rings. The number of hydrogen-bond acceptors (Lipinski definition) is 2. The highest BCUT2D eigenvalue weighted by molar-refractivity contribution is 9.28. The molecule has 0 atom stereocenters. The third kappa shape index (κ3) is 2.44. The Balaban J connectivity index is 2.46. The Morgan fingerprint density at radius 2 is 1.94 bits per heavy atom. The van der Waals surface area contributed by atoms with E-state index in [0.717, 1.165) is 26.0 Å². The third-order valence-electron chi connectivity index (χ3n) is 2.24. The molecule has 0 saturated carbocycles. The zero-order chi connectivity index (χ0) is 11.5. The molecule has 4 heteroatoms. The maximum Gasteiger partial charge on any atom is 0.170 e. The van der Waals surface area contributed by atoms with E-state index in [0.29, 0.717) is 0 Å². The number of aromatic nitrogens is 1. The molecule has 0 fully saturated rings. The van der Waals surface area contributed by atoms with Crippen LogP contribution in [0.2, 0.25) is 0 Å². The van der Waals surface area contributed by atoms with Gasteiger partial charge in [-0.15, -0.1) is 0 Å². The average Bonchev–Trinajstić information content (AvgIpc) is 2.61. The van der Waals surface area contributed by atoms with Crippen molar-refractivity contribution in [3.05, 3.63) is 45.0 Å². The Morgan fingerprint density at radius 1 is 1.25 bits per heavy atom. The second-order valence-electron chi connectivity index (χ2n) is 3.32. The normalized spacial score (nSPS) is 10.2. The second-order valence-corrected chi connectivity index (χ2v) is 6.09. The fourth-order valence-corrected chi connectivity index (χ4v) is 1.88. The van der Waals surface area contributed by atoms with Gasteiger partial charge in [0.1, 0.15) is 5.69 Å². The van der Waals surface area contributed by atoms with E-state index in [-0.39, 0.29) is 0 Å². The fourth-order valence-electron chi connectivity index (χ4n) is 1.44. The van der Waals surface area contributed by atoms with E-state index in [9.17, 15) is 0 Å². The molecule has 16 heavy (non-hydrogen) atoms. The van der Waals surface area contributed by atoms with Crippen LogP contribution >= 0.6 is 31.9 Å². The van der Waals surface area contributed by atoms with Gasteiger partial charge in [0, 0.05) is 11.1 Å². The SMILES string of the molecule is Cc1c(C=C(Br)Br)noc1-c1ccccc1. The van der Waals surface area contributed by atoms with Crippen LogP contribution in [0.3, 0.4) is 0 Å². The van der Waals surface area contributed by atoms with Crippen molar-refractivity contribution in [2.24, 2.45) is 0 Å². The molecule has 2 rings (SSSR count). The van der Waals surface area contributed by atoms with Crippen LogP contribution in [-0.4, -0.2) is 5.16 Å². The minimum absolute atomic E-state index is 0.813. The highest BCUT2D eigenvalue weighted by atomic mass is 79.9. The highest BCUT2D eigenvalue weighted by Gasteiger charge is 2.11. The number of nitrogens with zero attached hydrogens (tertiary/aromatic N) is 1. The van der Waals surface area contributed by atoms with Crippen LogP contribution in [0.25, 0.3) is 17.4 Å². The fraction of sp³-hybridized carbons (Fsp3) is 0.0833. The van der Waals surface area contributed by atoms with Gasteiger partial charge < -0.3 is 4.52 Å². The monoisotopic (exact) mass is 341 g/mol. The maximum atomic E-state index is 5.35. The molecular weight excluding hydrogens is 334 g/mol. The molecule has 0 unspecified atom stereocenters. The smallest absolute Gasteiger partial charge is 0.170 e. The molecule has 82 valence electrons. The van der Waals surface area contributed by atoms with Gasteiger partial charge in [-0.2, -0.15) is 0 Å². The van der Waals surface area contributed by atoms with Gasteiger partial charge in [-0.1, -0.05) is 35.5 Å². The summed E-state index contributed by atoms with van der Waals surface area (Å²) in [6.45, 7) is 1.99. The van der Waals surface area contributed by atoms with Crippen LogP contribution in [0.5, 0.6) is 0 Å². The summed E-state index contributed by atoms with van der Waals surface area (Å²) in [5.74, 6) is 0.813. The molecule has 0 saturated heterocycles. The molecule has 1 aromatic carbocycles. The van der Waals surface area contributed by atoms with E-state index in [4.69, 9.17) is 4.52 Å². The topological polar surface area (TPSA) is 26.0 Å². The molecule has 0 amide bonds. The molecule has 1 heterocycles. The van der Waals surface area contributed by atoms with Gasteiger partial charge in [-0.3, -0.25) is 0 Å². The maximum absolute atomic E-state index is 5.35. The lowest BCUT2D eigenvalue weighted by molar-refractivity contribution is 0.430. The molecular formula is C12H9Br2NO. The molecule has 0 bridgehead atoms. The van der Waals surface area contributed by atoms with Crippen LogP contribution in [0.1, 0.15) is 11.3 Å². The van der Waals surface area contributed by atoms with Crippen molar-refractivity contribution in [1.82, 2.24) is 5.16 Å². The summed E-state index contributed by atoms with van der Waals surface area (Å²) >= 11 is 6.61. The third-order valence-corrected chi connectivity index (χ3v) is 2.70. The lowest BCUT2D eigenvalue weighted by Gasteiger charge is -1.95. The van der Waals surface area contributed by atoms with Crippen LogP contribution in [0.4, 0.5) is 0 Å². The van der Waals surface area contributed by atoms with E-state index >= 15 is 0 Å². The zero-order valence-corrected chi connectivity index (χ0v) is 11.7. The number of hydrogen-bond donors (Lipinski definition) is 0. The van der Waals surface area contributed by atoms with Crippen molar-refractivity contribution in [1.29, 1.82) is 0 Å². The van der Waals surface area contributed by atoms with E-state index in [2.05, 4.69) is 37.0 Å². The lowest BCUT2D eigenvalue weighted by Crippen LogP contribution is -1.78. The molecule has 0 aliphatic heterocycles. The minimum Gasteiger partial charge on any atom is -0.355 e. The Morgan fingerprint density at radius 3 is 2.56 bits per heavy atom. The minimum atomic E-state index is 0.813. The Kier molecular flexibility index (Phi) is 3.61. The van der Waals surface area contributed by atoms with Crippen LogP contribution in [-0.2, 0) is 0 Å². The van der Waals surface area contributed by atoms with Crippen LogP contribution in [0, 0.1) is 6.92 Å². The summed E-state index contributed by atoms with van der Waals surface area (Å²) in [6, 6.07) is 9.94. The van der Waals surface area contributed by atoms with Gasteiger partial charge in [0.25, 0.3) is 0 Å². The predicted molar refractivity (Wildman–Crippen MR) is 72.5 cm³/mol. The molecule has 0 aliphatic carbocycles. The standard InChI is InChI=1S/C12H9Br2NO/c1-8-10(7-11(13)14)15-16-12(8)9-5-3-2-4-6-9/h2-7H,1H3. The Hall–Kier alpha value is -0.870. The van der Waals surface area contributed by atoms with Crippen molar-refractivity contribution < 1.29 is 4.52 Å². The second kappa shape index (κ2) is 4.97. The van der Waals surface area contributed by atoms with Crippen molar-refractivity contribution >= 4 is 37.9 Å².